The highest BCUT2D eigenvalue weighted by Crippen LogP contribution is 2.13. The van der Waals surface area contributed by atoms with Crippen molar-refractivity contribution in [2.24, 2.45) is 0 Å². The standard InChI is InChI=1S/C20H22N4O5/c1-3-24(19(27)13-29-20(28)15-8-10-21-11-9-15)12-18(26)23-17-6-4-16(5-7-17)22-14(2)25/h4-11H,3,12-13H2,1-2H3,(H,22,25)(H,23,26). The molecule has 152 valence electrons. The zero-order chi connectivity index (χ0) is 21.2. The Kier molecular flexibility index (Phi) is 7.84. The van der Waals surface area contributed by atoms with Gasteiger partial charge in [-0.05, 0) is 43.3 Å². The number of pyridine rings is 1. The molecule has 0 radical (unpaired) electrons. The van der Waals surface area contributed by atoms with E-state index >= 15 is 0 Å². The van der Waals surface area contributed by atoms with Gasteiger partial charge in [0.15, 0.2) is 6.61 Å². The maximum absolute atomic E-state index is 12.3. The quantitative estimate of drug-likeness (QED) is 0.654. The summed E-state index contributed by atoms with van der Waals surface area (Å²) < 4.78 is 4.99. The number of amides is 3. The van der Waals surface area contributed by atoms with Crippen LogP contribution in [0.25, 0.3) is 0 Å². The number of benzene rings is 1. The highest BCUT2D eigenvalue weighted by molar-refractivity contribution is 5.96. The van der Waals surface area contributed by atoms with Gasteiger partial charge in [-0.15, -0.1) is 0 Å². The number of anilines is 2. The maximum atomic E-state index is 12.3. The second kappa shape index (κ2) is 10.5. The Balaban J connectivity index is 1.84. The molecule has 0 aliphatic heterocycles. The summed E-state index contributed by atoms with van der Waals surface area (Å²) in [6.07, 6.45) is 2.90. The van der Waals surface area contributed by atoms with Crippen LogP contribution in [0.4, 0.5) is 11.4 Å². The minimum Gasteiger partial charge on any atom is -0.452 e. The van der Waals surface area contributed by atoms with E-state index in [0.717, 1.165) is 0 Å². The predicted octanol–water partition coefficient (Wildman–Crippen LogP) is 1.68. The number of aromatic nitrogens is 1. The minimum absolute atomic E-state index is 0.185. The van der Waals surface area contributed by atoms with Crippen molar-refractivity contribution >= 4 is 35.1 Å². The van der Waals surface area contributed by atoms with Gasteiger partial charge in [0.1, 0.15) is 0 Å². The molecule has 0 spiro atoms. The number of hydrogen-bond acceptors (Lipinski definition) is 6. The Morgan fingerprint density at radius 2 is 1.55 bits per heavy atom. The van der Waals surface area contributed by atoms with E-state index < -0.39 is 24.4 Å². The summed E-state index contributed by atoms with van der Waals surface area (Å²) >= 11 is 0. The third kappa shape index (κ3) is 7.06. The van der Waals surface area contributed by atoms with Crippen LogP contribution in [-0.4, -0.2) is 53.3 Å². The molecule has 0 saturated carbocycles. The smallest absolute Gasteiger partial charge is 0.338 e. The zero-order valence-corrected chi connectivity index (χ0v) is 16.2. The van der Waals surface area contributed by atoms with Crippen molar-refractivity contribution in [1.29, 1.82) is 0 Å². The van der Waals surface area contributed by atoms with Crippen LogP contribution in [0.1, 0.15) is 24.2 Å². The molecule has 9 nitrogen and oxygen atoms in total. The molecule has 0 fully saturated rings. The molecule has 29 heavy (non-hydrogen) atoms. The van der Waals surface area contributed by atoms with Crippen molar-refractivity contribution in [3.8, 4) is 0 Å². The number of likely N-dealkylation sites (N-methyl/N-ethyl adjacent to an activating group) is 1. The first-order chi connectivity index (χ1) is 13.9. The lowest BCUT2D eigenvalue weighted by Crippen LogP contribution is -2.40. The SMILES string of the molecule is CCN(CC(=O)Nc1ccc(NC(C)=O)cc1)C(=O)COC(=O)c1ccncc1. The molecule has 2 N–H and O–H groups in total. The summed E-state index contributed by atoms with van der Waals surface area (Å²) in [5, 5.41) is 5.30. The molecule has 0 unspecified atom stereocenters. The summed E-state index contributed by atoms with van der Waals surface area (Å²) in [6, 6.07) is 9.54. The fourth-order valence-corrected chi connectivity index (χ4v) is 2.38. The molecular weight excluding hydrogens is 376 g/mol. The highest BCUT2D eigenvalue weighted by atomic mass is 16.5. The topological polar surface area (TPSA) is 118 Å². The molecule has 1 aromatic carbocycles. The van der Waals surface area contributed by atoms with Gasteiger partial charge in [-0.25, -0.2) is 4.79 Å². The second-order valence-electron chi connectivity index (χ2n) is 6.03. The number of carbonyl (C=O) groups is 4. The predicted molar refractivity (Wildman–Crippen MR) is 106 cm³/mol. The van der Waals surface area contributed by atoms with Gasteiger partial charge in [0, 0.05) is 37.2 Å². The molecule has 9 heteroatoms. The van der Waals surface area contributed by atoms with Gasteiger partial charge in [-0.2, -0.15) is 0 Å². The first kappa shape index (κ1) is 21.5. The Hall–Kier alpha value is -3.75. The molecule has 3 amide bonds. The number of ether oxygens (including phenoxy) is 1. The number of esters is 1. The molecule has 0 saturated heterocycles. The molecule has 0 aliphatic rings. The average molecular weight is 398 g/mol. The number of carbonyl (C=O) groups excluding carboxylic acids is 4. The molecule has 2 aromatic rings. The molecule has 1 aromatic heterocycles. The lowest BCUT2D eigenvalue weighted by molar-refractivity contribution is -0.137. The lowest BCUT2D eigenvalue weighted by atomic mass is 10.2. The third-order valence-electron chi connectivity index (χ3n) is 3.80. The molecule has 0 atom stereocenters. The maximum Gasteiger partial charge on any atom is 0.338 e. The first-order valence-electron chi connectivity index (χ1n) is 8.91. The highest BCUT2D eigenvalue weighted by Gasteiger charge is 2.18. The van der Waals surface area contributed by atoms with Crippen LogP contribution in [0.15, 0.2) is 48.8 Å². The summed E-state index contributed by atoms with van der Waals surface area (Å²) in [7, 11) is 0. The van der Waals surface area contributed by atoms with Crippen LogP contribution in [0.3, 0.4) is 0 Å². The van der Waals surface area contributed by atoms with E-state index in [1.54, 1.807) is 31.2 Å². The summed E-state index contributed by atoms with van der Waals surface area (Å²) in [5.74, 6) is -1.71. The van der Waals surface area contributed by atoms with E-state index in [0.29, 0.717) is 11.4 Å². The Bertz CT molecular complexity index is 868. The first-order valence-corrected chi connectivity index (χ1v) is 8.91. The van der Waals surface area contributed by atoms with E-state index in [-0.39, 0.29) is 24.6 Å². The summed E-state index contributed by atoms with van der Waals surface area (Å²) in [6.45, 7) is 2.75. The summed E-state index contributed by atoms with van der Waals surface area (Å²) in [5.41, 5.74) is 1.42. The van der Waals surface area contributed by atoms with Gasteiger partial charge in [-0.1, -0.05) is 0 Å². The van der Waals surface area contributed by atoms with E-state index in [1.165, 1.54) is 36.4 Å². The molecule has 2 rings (SSSR count). The van der Waals surface area contributed by atoms with Gasteiger partial charge in [0.2, 0.25) is 11.8 Å². The van der Waals surface area contributed by atoms with Crippen LogP contribution >= 0.6 is 0 Å². The van der Waals surface area contributed by atoms with Gasteiger partial charge >= 0.3 is 5.97 Å². The largest absolute Gasteiger partial charge is 0.452 e. The van der Waals surface area contributed by atoms with Crippen LogP contribution < -0.4 is 10.6 Å². The zero-order valence-electron chi connectivity index (χ0n) is 16.2. The van der Waals surface area contributed by atoms with Crippen LogP contribution in [0, 0.1) is 0 Å². The van der Waals surface area contributed by atoms with Crippen molar-refractivity contribution in [2.75, 3.05) is 30.3 Å². The van der Waals surface area contributed by atoms with Crippen molar-refractivity contribution < 1.29 is 23.9 Å². The van der Waals surface area contributed by atoms with Crippen molar-refractivity contribution in [3.05, 3.63) is 54.4 Å². The van der Waals surface area contributed by atoms with E-state index in [1.807, 2.05) is 0 Å². The molecular formula is C20H22N4O5. The number of nitrogens with one attached hydrogen (secondary N) is 2. The second-order valence-corrected chi connectivity index (χ2v) is 6.03. The van der Waals surface area contributed by atoms with E-state index in [4.69, 9.17) is 4.74 Å². The average Bonchev–Trinajstić information content (AvgIpc) is 2.71. The summed E-state index contributed by atoms with van der Waals surface area (Å²) in [4.78, 5) is 52.5. The van der Waals surface area contributed by atoms with E-state index in [2.05, 4.69) is 15.6 Å². The monoisotopic (exact) mass is 398 g/mol. The molecule has 1 heterocycles. The Morgan fingerprint density at radius 3 is 2.10 bits per heavy atom. The van der Waals surface area contributed by atoms with E-state index in [9.17, 15) is 19.2 Å². The van der Waals surface area contributed by atoms with Crippen molar-refractivity contribution in [2.45, 2.75) is 13.8 Å². The molecule has 0 aliphatic carbocycles. The van der Waals surface area contributed by atoms with Gasteiger partial charge in [0.25, 0.3) is 5.91 Å². The van der Waals surface area contributed by atoms with Crippen LogP contribution in [-0.2, 0) is 19.1 Å². The van der Waals surface area contributed by atoms with Crippen LogP contribution in [0.5, 0.6) is 0 Å². The Labute approximate surface area is 168 Å². The molecule has 0 bridgehead atoms. The minimum atomic E-state index is -0.638. The normalized spacial score (nSPS) is 10.0. The van der Waals surface area contributed by atoms with Gasteiger partial charge in [0.05, 0.1) is 12.1 Å². The van der Waals surface area contributed by atoms with Crippen molar-refractivity contribution in [1.82, 2.24) is 9.88 Å². The van der Waals surface area contributed by atoms with Gasteiger partial charge < -0.3 is 20.3 Å². The number of hydrogen-bond donors (Lipinski definition) is 2. The number of nitrogens with zero attached hydrogens (tertiary/aromatic N) is 2. The van der Waals surface area contributed by atoms with Gasteiger partial charge in [-0.3, -0.25) is 19.4 Å². The fourth-order valence-electron chi connectivity index (χ4n) is 2.38. The number of rotatable bonds is 8. The van der Waals surface area contributed by atoms with Crippen molar-refractivity contribution in [3.63, 3.8) is 0 Å². The Morgan fingerprint density at radius 1 is 0.966 bits per heavy atom. The van der Waals surface area contributed by atoms with Crippen LogP contribution in [0.2, 0.25) is 0 Å². The fraction of sp³-hybridized carbons (Fsp3) is 0.250. The third-order valence-corrected chi connectivity index (χ3v) is 3.80. The lowest BCUT2D eigenvalue weighted by Gasteiger charge is -2.20.